The average molecular weight is 315 g/mol. The molecule has 0 atom stereocenters. The van der Waals surface area contributed by atoms with Crippen molar-refractivity contribution in [2.24, 2.45) is 5.41 Å². The van der Waals surface area contributed by atoms with E-state index in [-0.39, 0.29) is 16.8 Å². The highest BCUT2D eigenvalue weighted by Crippen LogP contribution is 2.42. The maximum Gasteiger partial charge on any atom is 0.162 e. The molecule has 0 N–H and O–H groups in total. The molecule has 2 nitrogen and oxygen atoms in total. The van der Waals surface area contributed by atoms with Gasteiger partial charge in [0.1, 0.15) is 11.6 Å². The number of carbonyl (C=O) groups excluding carboxylic acids is 1. The Morgan fingerprint density at radius 2 is 2.22 bits per heavy atom. The van der Waals surface area contributed by atoms with Gasteiger partial charge in [-0.1, -0.05) is 22.4 Å². The maximum absolute atomic E-state index is 13.6. The number of alkyl halides is 1. The van der Waals surface area contributed by atoms with Gasteiger partial charge in [-0.2, -0.15) is 0 Å². The second kappa shape index (κ2) is 5.39. The summed E-state index contributed by atoms with van der Waals surface area (Å²) in [5.41, 5.74) is 0.316. The number of rotatable bonds is 5. The van der Waals surface area contributed by atoms with E-state index in [2.05, 4.69) is 15.9 Å². The summed E-state index contributed by atoms with van der Waals surface area (Å²) >= 11 is 3.50. The molecule has 0 heterocycles. The summed E-state index contributed by atoms with van der Waals surface area (Å²) in [5, 5.41) is 0.911. The van der Waals surface area contributed by atoms with Crippen LogP contribution in [0.15, 0.2) is 18.2 Å². The number of benzene rings is 1. The number of ketones is 1. The summed E-state index contributed by atoms with van der Waals surface area (Å²) in [5.74, 6) is -0.291. The molecule has 0 bridgehead atoms. The normalized spacial score (nSPS) is 17.1. The molecule has 0 aliphatic heterocycles. The maximum atomic E-state index is 13.6. The van der Waals surface area contributed by atoms with Crippen molar-refractivity contribution in [1.29, 1.82) is 0 Å². The molecule has 0 unspecified atom stereocenters. The van der Waals surface area contributed by atoms with Gasteiger partial charge in [0.25, 0.3) is 0 Å². The quantitative estimate of drug-likeness (QED) is 0.607. The van der Waals surface area contributed by atoms with Crippen LogP contribution in [0.2, 0.25) is 0 Å². The summed E-state index contributed by atoms with van der Waals surface area (Å²) in [6, 6.07) is 4.42. The predicted molar refractivity (Wildman–Crippen MR) is 72.0 cm³/mol. The zero-order valence-electron chi connectivity index (χ0n) is 10.3. The predicted octanol–water partition coefficient (Wildman–Crippen LogP) is 3.97. The molecule has 0 saturated heterocycles. The highest BCUT2D eigenvalue weighted by Gasteiger charge is 2.36. The molecule has 1 saturated carbocycles. The van der Waals surface area contributed by atoms with Crippen LogP contribution >= 0.6 is 15.9 Å². The minimum atomic E-state index is -0.512. The van der Waals surface area contributed by atoms with Gasteiger partial charge in [-0.3, -0.25) is 4.79 Å². The number of carbonyl (C=O) groups is 1. The van der Waals surface area contributed by atoms with Crippen molar-refractivity contribution in [1.82, 2.24) is 0 Å². The van der Waals surface area contributed by atoms with Crippen molar-refractivity contribution in [3.8, 4) is 5.75 Å². The molecule has 98 valence electrons. The zero-order chi connectivity index (χ0) is 13.2. The molecule has 1 aliphatic carbocycles. The molecule has 1 aromatic carbocycles. The van der Waals surface area contributed by atoms with E-state index in [0.717, 1.165) is 18.2 Å². The Kier molecular flexibility index (Phi) is 4.05. The molecule has 1 aliphatic rings. The molecule has 1 fully saturated rings. The monoisotopic (exact) mass is 314 g/mol. The largest absolute Gasteiger partial charge is 0.493 e. The lowest BCUT2D eigenvalue weighted by atomic mass is 9.71. The summed E-state index contributed by atoms with van der Waals surface area (Å²) in [6.45, 7) is 1.95. The van der Waals surface area contributed by atoms with Gasteiger partial charge in [-0.25, -0.2) is 4.39 Å². The second-order valence-electron chi connectivity index (χ2n) is 4.97. The van der Waals surface area contributed by atoms with E-state index in [4.69, 9.17) is 4.74 Å². The second-order valence-corrected chi connectivity index (χ2v) is 5.53. The molecule has 0 aromatic heterocycles. The lowest BCUT2D eigenvalue weighted by Crippen LogP contribution is -2.37. The summed E-state index contributed by atoms with van der Waals surface area (Å²) in [6.07, 6.45) is 3.52. The number of ether oxygens (including phenoxy) is 1. The van der Waals surface area contributed by atoms with Crippen molar-refractivity contribution >= 4 is 21.7 Å². The smallest absolute Gasteiger partial charge is 0.162 e. The zero-order valence-corrected chi connectivity index (χ0v) is 11.9. The van der Waals surface area contributed by atoms with E-state index < -0.39 is 5.82 Å². The number of Topliss-reactive ketones (excluding diaryl/α,β-unsaturated/α-hetero) is 1. The minimum absolute atomic E-state index is 0.112. The highest BCUT2D eigenvalue weighted by molar-refractivity contribution is 9.09. The van der Waals surface area contributed by atoms with Gasteiger partial charge < -0.3 is 4.74 Å². The van der Waals surface area contributed by atoms with Crippen molar-refractivity contribution in [2.75, 3.05) is 11.9 Å². The van der Waals surface area contributed by atoms with E-state index >= 15 is 0 Å². The lowest BCUT2D eigenvalue weighted by Gasteiger charge is -2.39. The Labute approximate surface area is 115 Å². The lowest BCUT2D eigenvalue weighted by molar-refractivity contribution is 0.0835. The summed E-state index contributed by atoms with van der Waals surface area (Å²) in [7, 11) is 0. The number of hydrogen-bond acceptors (Lipinski definition) is 2. The first-order valence-electron chi connectivity index (χ1n) is 6.06. The van der Waals surface area contributed by atoms with Crippen molar-refractivity contribution in [3.05, 3.63) is 29.6 Å². The van der Waals surface area contributed by atoms with E-state index in [0.29, 0.717) is 12.4 Å². The molecule has 2 rings (SSSR count). The molecule has 1 aromatic rings. The topological polar surface area (TPSA) is 26.3 Å². The summed E-state index contributed by atoms with van der Waals surface area (Å²) < 4.78 is 19.2. The van der Waals surface area contributed by atoms with Gasteiger partial charge in [0.15, 0.2) is 5.78 Å². The third kappa shape index (κ3) is 2.74. The van der Waals surface area contributed by atoms with Crippen LogP contribution in [-0.4, -0.2) is 17.7 Å². The molecule has 0 amide bonds. The first-order valence-corrected chi connectivity index (χ1v) is 7.18. The minimum Gasteiger partial charge on any atom is -0.493 e. The molecular formula is C14H16BrFO2. The van der Waals surface area contributed by atoms with Gasteiger partial charge in [0.05, 0.1) is 12.2 Å². The van der Waals surface area contributed by atoms with E-state index in [1.165, 1.54) is 25.5 Å². The van der Waals surface area contributed by atoms with E-state index in [1.54, 1.807) is 6.07 Å². The summed E-state index contributed by atoms with van der Waals surface area (Å²) in [4.78, 5) is 11.1. The van der Waals surface area contributed by atoms with Crippen molar-refractivity contribution < 1.29 is 13.9 Å². The van der Waals surface area contributed by atoms with Crippen LogP contribution in [0.1, 0.15) is 36.5 Å². The molecular weight excluding hydrogens is 299 g/mol. The Morgan fingerprint density at radius 3 is 2.67 bits per heavy atom. The molecule has 0 spiro atoms. The first kappa shape index (κ1) is 13.5. The number of halogens is 2. The van der Waals surface area contributed by atoms with Crippen molar-refractivity contribution in [3.63, 3.8) is 0 Å². The highest BCUT2D eigenvalue weighted by atomic mass is 79.9. The average Bonchev–Trinajstić information content (AvgIpc) is 2.27. The van der Waals surface area contributed by atoms with Gasteiger partial charge in [-0.15, -0.1) is 0 Å². The van der Waals surface area contributed by atoms with Crippen LogP contribution in [0.5, 0.6) is 5.75 Å². The van der Waals surface area contributed by atoms with Crippen molar-refractivity contribution in [2.45, 2.75) is 26.2 Å². The number of hydrogen-bond donors (Lipinski definition) is 0. The third-order valence-corrected chi connectivity index (χ3v) is 4.75. The SMILES string of the molecule is CC(=O)c1ccc(OCC2(CBr)CCC2)cc1F. The van der Waals surface area contributed by atoms with E-state index in [9.17, 15) is 9.18 Å². The molecule has 18 heavy (non-hydrogen) atoms. The van der Waals surface area contributed by atoms with Gasteiger partial charge >= 0.3 is 0 Å². The van der Waals surface area contributed by atoms with Gasteiger partial charge in [0.2, 0.25) is 0 Å². The van der Waals surface area contributed by atoms with Gasteiger partial charge in [-0.05, 0) is 31.9 Å². The van der Waals surface area contributed by atoms with Gasteiger partial charge in [0, 0.05) is 16.8 Å². The first-order chi connectivity index (χ1) is 8.56. The van der Waals surface area contributed by atoms with Crippen LogP contribution in [-0.2, 0) is 0 Å². The fourth-order valence-corrected chi connectivity index (χ4v) is 2.82. The Bertz CT molecular complexity index is 450. The Morgan fingerprint density at radius 1 is 1.50 bits per heavy atom. The van der Waals surface area contributed by atoms with Crippen LogP contribution in [0.25, 0.3) is 0 Å². The Hall–Kier alpha value is -0.900. The van der Waals surface area contributed by atoms with Crippen LogP contribution in [0.4, 0.5) is 4.39 Å². The van der Waals surface area contributed by atoms with Crippen LogP contribution < -0.4 is 4.74 Å². The third-order valence-electron chi connectivity index (χ3n) is 3.56. The van der Waals surface area contributed by atoms with E-state index in [1.807, 2.05) is 0 Å². The fourth-order valence-electron chi connectivity index (χ4n) is 2.10. The molecule has 0 radical (unpaired) electrons. The Balaban J connectivity index is 2.02. The van der Waals surface area contributed by atoms with Crippen LogP contribution in [0, 0.1) is 11.2 Å². The fraction of sp³-hybridized carbons (Fsp3) is 0.500. The van der Waals surface area contributed by atoms with Crippen LogP contribution in [0.3, 0.4) is 0 Å². The standard InChI is InChI=1S/C14H16BrFO2/c1-10(17)12-4-3-11(7-13(12)16)18-9-14(8-15)5-2-6-14/h3-4,7H,2,5-6,8-9H2,1H3. The molecule has 4 heteroatoms.